The number of carbonyl (C=O) groups is 3. The van der Waals surface area contributed by atoms with E-state index in [-0.39, 0.29) is 23.2 Å². The summed E-state index contributed by atoms with van der Waals surface area (Å²) in [6, 6.07) is 9.97. The van der Waals surface area contributed by atoms with E-state index in [0.717, 1.165) is 10.3 Å². The molecule has 3 heterocycles. The first-order valence-electron chi connectivity index (χ1n) is 10.9. The molecule has 2 aromatic carbocycles. The lowest BCUT2D eigenvalue weighted by molar-refractivity contribution is -0.125. The molecule has 0 unspecified atom stereocenters. The summed E-state index contributed by atoms with van der Waals surface area (Å²) in [6.45, 7) is 3.42. The van der Waals surface area contributed by atoms with Crippen LogP contribution in [-0.2, 0) is 4.79 Å². The Balaban J connectivity index is 1.68. The maximum absolute atomic E-state index is 14.2. The second kappa shape index (κ2) is 8.58. The predicted molar refractivity (Wildman–Crippen MR) is 129 cm³/mol. The number of hydrogen-bond acceptors (Lipinski definition) is 6. The summed E-state index contributed by atoms with van der Waals surface area (Å²) in [5, 5.41) is 8.89. The summed E-state index contributed by atoms with van der Waals surface area (Å²) in [7, 11) is 1.45. The highest BCUT2D eigenvalue weighted by atomic mass is 32.1. The number of hydrogen-bond donors (Lipinski definition) is 3. The summed E-state index contributed by atoms with van der Waals surface area (Å²) < 4.78 is 20.8. The first-order valence-corrected chi connectivity index (χ1v) is 11.6. The Morgan fingerprint density at radius 2 is 1.94 bits per heavy atom. The van der Waals surface area contributed by atoms with Crippen molar-refractivity contribution in [1.29, 1.82) is 0 Å². The number of halogens is 1. The van der Waals surface area contributed by atoms with Gasteiger partial charge >= 0.3 is 0 Å². The highest BCUT2D eigenvalue weighted by molar-refractivity contribution is 7.13. The summed E-state index contributed by atoms with van der Waals surface area (Å²) in [4.78, 5) is 43.3. The lowest BCUT2D eigenvalue weighted by Gasteiger charge is -2.32. The maximum atomic E-state index is 14.2. The van der Waals surface area contributed by atoms with Crippen molar-refractivity contribution in [1.82, 2.24) is 24.6 Å². The van der Waals surface area contributed by atoms with Crippen LogP contribution in [0.4, 0.5) is 10.2 Å². The molecule has 5 rings (SSSR count). The molecule has 3 N–H and O–H groups in total. The molecule has 2 aromatic heterocycles. The van der Waals surface area contributed by atoms with E-state index >= 15 is 0 Å². The normalized spacial score (nSPS) is 17.1. The average Bonchev–Trinajstić information content (AvgIpc) is 3.45. The Bertz CT molecular complexity index is 1510. The second-order valence-electron chi connectivity index (χ2n) is 8.22. The van der Waals surface area contributed by atoms with Gasteiger partial charge in [0, 0.05) is 12.4 Å². The zero-order chi connectivity index (χ0) is 24.9. The minimum atomic E-state index is -0.845. The van der Waals surface area contributed by atoms with Crippen LogP contribution in [0.2, 0.25) is 0 Å². The molecule has 1 aliphatic rings. The molecule has 0 saturated heterocycles. The molecule has 0 spiro atoms. The van der Waals surface area contributed by atoms with Gasteiger partial charge in [-0.2, -0.15) is 4.37 Å². The van der Waals surface area contributed by atoms with Crippen molar-refractivity contribution >= 4 is 45.2 Å². The van der Waals surface area contributed by atoms with E-state index in [1.165, 1.54) is 35.3 Å². The second-order valence-corrected chi connectivity index (χ2v) is 9.02. The van der Waals surface area contributed by atoms with Gasteiger partial charge in [-0.25, -0.2) is 9.37 Å². The highest BCUT2D eigenvalue weighted by Crippen LogP contribution is 2.37. The smallest absolute Gasteiger partial charge is 0.287 e. The zero-order valence-electron chi connectivity index (χ0n) is 19.0. The quantitative estimate of drug-likeness (QED) is 0.404. The lowest BCUT2D eigenvalue weighted by Crippen LogP contribution is -2.43. The SMILES string of the molecule is CNC(=O)c1nc(NC(=O)c2nsc3ccccc23)c2n1[C@@H](C)C(=O)N[C@@H]2c1cc(F)ccc1C. The lowest BCUT2D eigenvalue weighted by atomic mass is 9.95. The average molecular weight is 493 g/mol. The molecule has 0 aliphatic carbocycles. The number of nitrogens with one attached hydrogen (secondary N) is 3. The third-order valence-corrected chi connectivity index (χ3v) is 6.91. The van der Waals surface area contributed by atoms with Crippen molar-refractivity contribution in [2.24, 2.45) is 0 Å². The van der Waals surface area contributed by atoms with Crippen molar-refractivity contribution in [3.8, 4) is 0 Å². The number of aryl methyl sites for hydroxylation is 1. The third kappa shape index (κ3) is 3.73. The minimum Gasteiger partial charge on any atom is -0.352 e. The predicted octanol–water partition coefficient (Wildman–Crippen LogP) is 3.33. The van der Waals surface area contributed by atoms with Crippen molar-refractivity contribution in [3.63, 3.8) is 0 Å². The minimum absolute atomic E-state index is 0.0395. The van der Waals surface area contributed by atoms with Crippen LogP contribution in [0.3, 0.4) is 0 Å². The van der Waals surface area contributed by atoms with Gasteiger partial charge in [0.2, 0.25) is 11.7 Å². The number of amides is 3. The highest BCUT2D eigenvalue weighted by Gasteiger charge is 2.39. The van der Waals surface area contributed by atoms with E-state index in [2.05, 4.69) is 25.3 Å². The van der Waals surface area contributed by atoms with E-state index in [9.17, 15) is 18.8 Å². The third-order valence-electron chi connectivity index (χ3n) is 6.08. The van der Waals surface area contributed by atoms with Crippen molar-refractivity contribution in [2.45, 2.75) is 25.9 Å². The van der Waals surface area contributed by atoms with Crippen LogP contribution in [0.25, 0.3) is 10.1 Å². The van der Waals surface area contributed by atoms with Crippen LogP contribution in [0.15, 0.2) is 42.5 Å². The van der Waals surface area contributed by atoms with Gasteiger partial charge in [0.25, 0.3) is 11.8 Å². The Morgan fingerprint density at radius 3 is 2.71 bits per heavy atom. The molecule has 0 fully saturated rings. The Kier molecular flexibility index (Phi) is 5.56. The fourth-order valence-electron chi connectivity index (χ4n) is 4.29. The van der Waals surface area contributed by atoms with Crippen LogP contribution < -0.4 is 16.0 Å². The van der Waals surface area contributed by atoms with Crippen molar-refractivity contribution < 1.29 is 18.8 Å². The molecule has 2 atom stereocenters. The molecule has 1 aliphatic heterocycles. The maximum Gasteiger partial charge on any atom is 0.287 e. The van der Waals surface area contributed by atoms with Gasteiger partial charge in [0.15, 0.2) is 5.82 Å². The summed E-state index contributed by atoms with van der Waals surface area (Å²) in [6.07, 6.45) is 0. The molecule has 178 valence electrons. The molecule has 0 bridgehead atoms. The summed E-state index contributed by atoms with van der Waals surface area (Å²) in [5.74, 6) is -1.82. The number of aromatic nitrogens is 3. The number of nitrogens with zero attached hydrogens (tertiary/aromatic N) is 3. The monoisotopic (exact) mass is 492 g/mol. The molecular formula is C24H21FN6O3S. The Hall–Kier alpha value is -4.12. The van der Waals surface area contributed by atoms with Crippen LogP contribution in [-0.4, -0.2) is 38.7 Å². The van der Waals surface area contributed by atoms with Gasteiger partial charge in [0.05, 0.1) is 16.4 Å². The van der Waals surface area contributed by atoms with Gasteiger partial charge < -0.3 is 20.5 Å². The first kappa shape index (κ1) is 22.7. The number of carbonyl (C=O) groups excluding carboxylic acids is 3. The van der Waals surface area contributed by atoms with Gasteiger partial charge in [-0.05, 0) is 54.7 Å². The van der Waals surface area contributed by atoms with Crippen LogP contribution >= 0.6 is 11.5 Å². The Labute approximate surface area is 203 Å². The molecule has 4 aromatic rings. The number of fused-ring (bicyclic) bond motifs is 2. The molecule has 0 saturated carbocycles. The van der Waals surface area contributed by atoms with E-state index in [1.54, 1.807) is 26.0 Å². The zero-order valence-corrected chi connectivity index (χ0v) is 19.9. The van der Waals surface area contributed by atoms with Gasteiger partial charge in [-0.15, -0.1) is 0 Å². The standard InChI is InChI=1S/C24H21FN6O3S/c1-11-8-9-13(25)10-15(11)17-19-20(28-21(24(34)26-3)31(19)12(2)22(32)27-17)29-23(33)18-14-6-4-5-7-16(14)35-30-18/h4-10,12,17H,1-3H3,(H,26,34)(H,27,32)(H,29,33)/t12-,17+/m0/s1. The largest absolute Gasteiger partial charge is 0.352 e. The van der Waals surface area contributed by atoms with Crippen LogP contribution in [0.5, 0.6) is 0 Å². The van der Waals surface area contributed by atoms with Gasteiger partial charge in [-0.3, -0.25) is 14.4 Å². The molecule has 3 amide bonds. The number of rotatable bonds is 4. The van der Waals surface area contributed by atoms with E-state index in [1.807, 2.05) is 18.2 Å². The molecule has 0 radical (unpaired) electrons. The fraction of sp³-hybridized carbons (Fsp3) is 0.208. The number of benzene rings is 2. The van der Waals surface area contributed by atoms with Crippen LogP contribution in [0.1, 0.15) is 56.9 Å². The molecule has 35 heavy (non-hydrogen) atoms. The van der Waals surface area contributed by atoms with Crippen molar-refractivity contribution in [2.75, 3.05) is 12.4 Å². The van der Waals surface area contributed by atoms with E-state index < -0.39 is 29.7 Å². The van der Waals surface area contributed by atoms with Gasteiger partial charge in [0.1, 0.15) is 17.6 Å². The van der Waals surface area contributed by atoms with E-state index in [4.69, 9.17) is 0 Å². The summed E-state index contributed by atoms with van der Waals surface area (Å²) >= 11 is 1.20. The fourth-order valence-corrected chi connectivity index (χ4v) is 5.06. The number of imidazole rings is 1. The summed E-state index contributed by atoms with van der Waals surface area (Å²) in [5.41, 5.74) is 1.81. The van der Waals surface area contributed by atoms with Crippen LogP contribution in [0, 0.1) is 12.7 Å². The van der Waals surface area contributed by atoms with E-state index in [0.29, 0.717) is 16.6 Å². The van der Waals surface area contributed by atoms with Gasteiger partial charge in [-0.1, -0.05) is 24.3 Å². The first-order chi connectivity index (χ1) is 16.8. The molecule has 11 heteroatoms. The topological polar surface area (TPSA) is 118 Å². The Morgan fingerprint density at radius 1 is 1.17 bits per heavy atom. The molecule has 9 nitrogen and oxygen atoms in total. The number of anilines is 1. The molecular weight excluding hydrogens is 471 g/mol. The van der Waals surface area contributed by atoms with Crippen molar-refractivity contribution in [3.05, 3.63) is 76.6 Å².